The molecule has 2 heterocycles. The Kier molecular flexibility index (Phi) is 3.88. The van der Waals surface area contributed by atoms with Crippen molar-refractivity contribution in [2.75, 3.05) is 24.5 Å². The van der Waals surface area contributed by atoms with Gasteiger partial charge in [0.1, 0.15) is 0 Å². The SMILES string of the molecule is CC(C)CC1CN(c2cccc3ncccc23)CCN1. The number of hydrogen-bond acceptors (Lipinski definition) is 3. The van der Waals surface area contributed by atoms with Gasteiger partial charge in [0.2, 0.25) is 0 Å². The molecule has 0 amide bonds. The summed E-state index contributed by atoms with van der Waals surface area (Å²) in [5, 5.41) is 4.91. The van der Waals surface area contributed by atoms with Crippen molar-refractivity contribution in [3.05, 3.63) is 36.5 Å². The average Bonchev–Trinajstić information content (AvgIpc) is 2.46. The lowest BCUT2D eigenvalue weighted by molar-refractivity contribution is 0.388. The summed E-state index contributed by atoms with van der Waals surface area (Å²) < 4.78 is 0. The van der Waals surface area contributed by atoms with Crippen LogP contribution in [0.3, 0.4) is 0 Å². The highest BCUT2D eigenvalue weighted by atomic mass is 15.2. The van der Waals surface area contributed by atoms with Gasteiger partial charge < -0.3 is 10.2 Å². The van der Waals surface area contributed by atoms with Gasteiger partial charge in [-0.05, 0) is 36.6 Å². The van der Waals surface area contributed by atoms with Crippen LogP contribution < -0.4 is 10.2 Å². The zero-order valence-corrected chi connectivity index (χ0v) is 12.3. The number of anilines is 1. The Morgan fingerprint density at radius 1 is 1.30 bits per heavy atom. The number of rotatable bonds is 3. The second kappa shape index (κ2) is 5.80. The summed E-state index contributed by atoms with van der Waals surface area (Å²) in [6, 6.07) is 11.2. The highest BCUT2D eigenvalue weighted by molar-refractivity contribution is 5.91. The van der Waals surface area contributed by atoms with Gasteiger partial charge in [-0.25, -0.2) is 0 Å². The minimum atomic E-state index is 0.593. The van der Waals surface area contributed by atoms with Crippen LogP contribution in [0.2, 0.25) is 0 Å². The molecule has 0 bridgehead atoms. The molecule has 1 fully saturated rings. The largest absolute Gasteiger partial charge is 0.368 e. The Labute approximate surface area is 121 Å². The molecule has 0 radical (unpaired) electrons. The first-order chi connectivity index (χ1) is 9.74. The number of hydrogen-bond donors (Lipinski definition) is 1. The lowest BCUT2D eigenvalue weighted by Crippen LogP contribution is -2.51. The van der Waals surface area contributed by atoms with Gasteiger partial charge >= 0.3 is 0 Å². The molecule has 1 aliphatic rings. The van der Waals surface area contributed by atoms with E-state index >= 15 is 0 Å². The summed E-state index contributed by atoms with van der Waals surface area (Å²) >= 11 is 0. The van der Waals surface area contributed by atoms with Gasteiger partial charge in [-0.1, -0.05) is 19.9 Å². The van der Waals surface area contributed by atoms with Crippen LogP contribution in [-0.2, 0) is 0 Å². The van der Waals surface area contributed by atoms with Gasteiger partial charge in [-0.2, -0.15) is 0 Å². The highest BCUT2D eigenvalue weighted by Gasteiger charge is 2.21. The van der Waals surface area contributed by atoms with Gasteiger partial charge in [-0.3, -0.25) is 4.98 Å². The lowest BCUT2D eigenvalue weighted by atomic mass is 10.0. The third kappa shape index (κ3) is 2.78. The molecular weight excluding hydrogens is 246 g/mol. The fourth-order valence-corrected chi connectivity index (χ4v) is 3.13. The summed E-state index contributed by atoms with van der Waals surface area (Å²) in [6.45, 7) is 7.81. The second-order valence-corrected chi connectivity index (χ2v) is 6.07. The fraction of sp³-hybridized carbons (Fsp3) is 0.471. The van der Waals surface area contributed by atoms with Crippen LogP contribution >= 0.6 is 0 Å². The van der Waals surface area contributed by atoms with Crippen LogP contribution in [0.1, 0.15) is 20.3 Å². The van der Waals surface area contributed by atoms with Gasteiger partial charge in [0.05, 0.1) is 5.52 Å². The fourth-order valence-electron chi connectivity index (χ4n) is 3.13. The first-order valence-electron chi connectivity index (χ1n) is 7.56. The molecule has 0 spiro atoms. The molecule has 1 unspecified atom stereocenters. The van der Waals surface area contributed by atoms with Crippen LogP contribution in [0.25, 0.3) is 10.9 Å². The summed E-state index contributed by atoms with van der Waals surface area (Å²) in [5.74, 6) is 0.738. The first kappa shape index (κ1) is 13.4. The predicted octanol–water partition coefficient (Wildman–Crippen LogP) is 3.06. The third-order valence-corrected chi connectivity index (χ3v) is 3.97. The molecule has 106 valence electrons. The number of pyridine rings is 1. The van der Waals surface area contributed by atoms with E-state index in [1.807, 2.05) is 12.3 Å². The van der Waals surface area contributed by atoms with Gasteiger partial charge in [0.25, 0.3) is 0 Å². The van der Waals surface area contributed by atoms with Crippen molar-refractivity contribution in [2.45, 2.75) is 26.3 Å². The molecule has 3 heteroatoms. The molecule has 1 aromatic carbocycles. The molecule has 1 saturated heterocycles. The number of benzene rings is 1. The third-order valence-electron chi connectivity index (χ3n) is 3.97. The molecular formula is C17H23N3. The summed E-state index contributed by atoms with van der Waals surface area (Å²) in [7, 11) is 0. The van der Waals surface area contributed by atoms with Crippen molar-refractivity contribution >= 4 is 16.6 Å². The Bertz CT molecular complexity index is 574. The van der Waals surface area contributed by atoms with Crippen LogP contribution in [0.15, 0.2) is 36.5 Å². The predicted molar refractivity (Wildman–Crippen MR) is 85.2 cm³/mol. The van der Waals surface area contributed by atoms with Gasteiger partial charge in [0.15, 0.2) is 0 Å². The molecule has 20 heavy (non-hydrogen) atoms. The van der Waals surface area contributed by atoms with E-state index in [4.69, 9.17) is 0 Å². The van der Waals surface area contributed by atoms with Crippen LogP contribution in [0, 0.1) is 5.92 Å². The summed E-state index contributed by atoms with van der Waals surface area (Å²) in [6.07, 6.45) is 3.10. The molecule has 3 nitrogen and oxygen atoms in total. The number of fused-ring (bicyclic) bond motifs is 1. The Balaban J connectivity index is 1.87. The maximum absolute atomic E-state index is 4.46. The van der Waals surface area contributed by atoms with E-state index in [9.17, 15) is 0 Å². The lowest BCUT2D eigenvalue weighted by Gasteiger charge is -2.36. The summed E-state index contributed by atoms with van der Waals surface area (Å²) in [4.78, 5) is 6.97. The van der Waals surface area contributed by atoms with Crippen LogP contribution in [0.4, 0.5) is 5.69 Å². The molecule has 1 aliphatic heterocycles. The standard InChI is InChI=1S/C17H23N3/c1-13(2)11-14-12-20(10-9-18-14)17-7-3-6-16-15(17)5-4-8-19-16/h3-8,13-14,18H,9-12H2,1-2H3. The normalized spacial score (nSPS) is 19.8. The Morgan fingerprint density at radius 3 is 3.05 bits per heavy atom. The zero-order valence-electron chi connectivity index (χ0n) is 12.3. The van der Waals surface area contributed by atoms with E-state index in [1.54, 1.807) is 0 Å². The van der Waals surface area contributed by atoms with Crippen molar-refractivity contribution in [1.29, 1.82) is 0 Å². The number of nitrogens with zero attached hydrogens (tertiary/aromatic N) is 2. The molecule has 1 atom stereocenters. The Morgan fingerprint density at radius 2 is 2.20 bits per heavy atom. The Hall–Kier alpha value is -1.61. The summed E-state index contributed by atoms with van der Waals surface area (Å²) in [5.41, 5.74) is 2.41. The van der Waals surface area contributed by atoms with Crippen molar-refractivity contribution in [3.63, 3.8) is 0 Å². The van der Waals surface area contributed by atoms with E-state index in [-0.39, 0.29) is 0 Å². The topological polar surface area (TPSA) is 28.2 Å². The van der Waals surface area contributed by atoms with Crippen molar-refractivity contribution in [1.82, 2.24) is 10.3 Å². The monoisotopic (exact) mass is 269 g/mol. The minimum Gasteiger partial charge on any atom is -0.368 e. The first-order valence-corrected chi connectivity index (χ1v) is 7.56. The molecule has 0 saturated carbocycles. The smallest absolute Gasteiger partial charge is 0.0722 e. The van der Waals surface area contributed by atoms with E-state index < -0.39 is 0 Å². The van der Waals surface area contributed by atoms with Crippen molar-refractivity contribution in [2.24, 2.45) is 5.92 Å². The number of piperazine rings is 1. The number of nitrogens with one attached hydrogen (secondary N) is 1. The highest BCUT2D eigenvalue weighted by Crippen LogP contribution is 2.26. The molecule has 3 rings (SSSR count). The van der Waals surface area contributed by atoms with Crippen LogP contribution in [0.5, 0.6) is 0 Å². The minimum absolute atomic E-state index is 0.593. The van der Waals surface area contributed by atoms with E-state index in [1.165, 1.54) is 17.5 Å². The molecule has 0 aliphatic carbocycles. The quantitative estimate of drug-likeness (QED) is 0.928. The maximum atomic E-state index is 4.46. The average molecular weight is 269 g/mol. The van der Waals surface area contributed by atoms with E-state index in [0.29, 0.717) is 6.04 Å². The molecule has 1 N–H and O–H groups in total. The van der Waals surface area contributed by atoms with E-state index in [0.717, 1.165) is 31.1 Å². The number of aromatic nitrogens is 1. The maximum Gasteiger partial charge on any atom is 0.0722 e. The van der Waals surface area contributed by atoms with Crippen molar-refractivity contribution in [3.8, 4) is 0 Å². The second-order valence-electron chi connectivity index (χ2n) is 6.07. The molecule has 2 aromatic rings. The molecule has 1 aromatic heterocycles. The van der Waals surface area contributed by atoms with Crippen molar-refractivity contribution < 1.29 is 0 Å². The zero-order chi connectivity index (χ0) is 13.9. The van der Waals surface area contributed by atoms with Crippen LogP contribution in [-0.4, -0.2) is 30.7 Å². The van der Waals surface area contributed by atoms with Gasteiger partial charge in [-0.15, -0.1) is 0 Å². The van der Waals surface area contributed by atoms with Gasteiger partial charge in [0, 0.05) is 42.9 Å². The van der Waals surface area contributed by atoms with E-state index in [2.05, 4.69) is 53.3 Å².